The van der Waals surface area contributed by atoms with Crippen LogP contribution in [0.15, 0.2) is 42.2 Å². The van der Waals surface area contributed by atoms with Gasteiger partial charge in [-0.15, -0.1) is 0 Å². The second-order valence-electron chi connectivity index (χ2n) is 5.77. The van der Waals surface area contributed by atoms with Gasteiger partial charge in [0.25, 0.3) is 0 Å². The molecule has 0 N–H and O–H groups in total. The van der Waals surface area contributed by atoms with Crippen molar-refractivity contribution >= 4 is 22.9 Å². The van der Waals surface area contributed by atoms with Crippen molar-refractivity contribution in [2.45, 2.75) is 34.1 Å². The smallest absolute Gasteiger partial charge is 0.126 e. The molecule has 122 valence electrons. The molecule has 1 aromatic heterocycles. The summed E-state index contributed by atoms with van der Waals surface area (Å²) in [6.45, 7) is 8.14. The lowest BCUT2D eigenvalue weighted by Crippen LogP contribution is -2.03. The Morgan fingerprint density at radius 3 is 2.65 bits per heavy atom. The molecular formula is C20H25NO2. The van der Waals surface area contributed by atoms with Gasteiger partial charge in [-0.25, -0.2) is 0 Å². The molecule has 2 rings (SSSR count). The predicted octanol–water partition coefficient (Wildman–Crippen LogP) is 4.74. The highest BCUT2D eigenvalue weighted by molar-refractivity contribution is 5.89. The molecule has 0 bridgehead atoms. The molecule has 1 aromatic carbocycles. The van der Waals surface area contributed by atoms with Crippen molar-refractivity contribution in [3.8, 4) is 0 Å². The number of aryl methyl sites for hydroxylation is 1. The molecule has 1 atom stereocenters. The van der Waals surface area contributed by atoms with Gasteiger partial charge < -0.3 is 14.1 Å². The van der Waals surface area contributed by atoms with E-state index in [1.165, 1.54) is 16.6 Å². The fourth-order valence-corrected chi connectivity index (χ4v) is 2.93. The molecular weight excluding hydrogens is 286 g/mol. The minimum Gasteiger partial charge on any atom is -0.499 e. The topological polar surface area (TPSA) is 31.2 Å². The number of nitrogens with zero attached hydrogens (tertiary/aromatic N) is 1. The summed E-state index contributed by atoms with van der Waals surface area (Å²) in [5.74, 6) is 0.702. The van der Waals surface area contributed by atoms with Crippen LogP contribution in [-0.4, -0.2) is 18.0 Å². The first-order valence-electron chi connectivity index (χ1n) is 8.02. The van der Waals surface area contributed by atoms with Gasteiger partial charge in [-0.05, 0) is 38.0 Å². The molecule has 3 nitrogen and oxygen atoms in total. The van der Waals surface area contributed by atoms with Gasteiger partial charge in [0.15, 0.2) is 0 Å². The molecule has 2 aromatic rings. The number of allylic oxidation sites excluding steroid dienone is 4. The summed E-state index contributed by atoms with van der Waals surface area (Å²) in [6, 6.07) is 8.41. The van der Waals surface area contributed by atoms with Crippen LogP contribution < -0.4 is 0 Å². The number of fused-ring (bicyclic) bond motifs is 1. The van der Waals surface area contributed by atoms with Crippen molar-refractivity contribution in [1.82, 2.24) is 4.57 Å². The maximum atomic E-state index is 10.9. The summed E-state index contributed by atoms with van der Waals surface area (Å²) in [6.07, 6.45) is 5.81. The van der Waals surface area contributed by atoms with E-state index in [1.807, 2.05) is 26.0 Å². The lowest BCUT2D eigenvalue weighted by Gasteiger charge is -2.14. The Morgan fingerprint density at radius 1 is 1.35 bits per heavy atom. The van der Waals surface area contributed by atoms with E-state index in [2.05, 4.69) is 42.7 Å². The number of rotatable bonds is 6. The van der Waals surface area contributed by atoms with Crippen LogP contribution in [0.4, 0.5) is 0 Å². The van der Waals surface area contributed by atoms with Crippen molar-refractivity contribution in [2.24, 2.45) is 5.92 Å². The van der Waals surface area contributed by atoms with Crippen LogP contribution >= 0.6 is 0 Å². The van der Waals surface area contributed by atoms with Crippen molar-refractivity contribution in [2.75, 3.05) is 7.11 Å². The molecule has 1 unspecified atom stereocenters. The molecule has 0 radical (unpaired) electrons. The summed E-state index contributed by atoms with van der Waals surface area (Å²) in [4.78, 5) is 10.9. The zero-order chi connectivity index (χ0) is 17.0. The number of hydrogen-bond donors (Lipinski definition) is 0. The summed E-state index contributed by atoms with van der Waals surface area (Å²) in [7, 11) is 1.67. The Bertz CT molecular complexity index is 765. The number of methoxy groups -OCH3 is 1. The summed E-state index contributed by atoms with van der Waals surface area (Å²) < 4.78 is 7.72. The van der Waals surface area contributed by atoms with Crippen LogP contribution in [0, 0.1) is 12.8 Å². The quantitative estimate of drug-likeness (QED) is 0.438. The third-order valence-electron chi connectivity index (χ3n) is 4.28. The molecule has 0 saturated carbocycles. The van der Waals surface area contributed by atoms with Crippen LogP contribution in [0.25, 0.3) is 16.6 Å². The van der Waals surface area contributed by atoms with Crippen molar-refractivity contribution in [3.63, 3.8) is 0 Å². The van der Waals surface area contributed by atoms with E-state index < -0.39 is 0 Å². The zero-order valence-electron chi connectivity index (χ0n) is 14.6. The van der Waals surface area contributed by atoms with E-state index in [0.717, 1.165) is 29.7 Å². The van der Waals surface area contributed by atoms with E-state index in [4.69, 9.17) is 4.74 Å². The normalized spacial score (nSPS) is 14.1. The summed E-state index contributed by atoms with van der Waals surface area (Å²) in [5, 5.41) is 1.27. The SMILES string of the molecule is CCc1c(C)n(C(/C=C\C(C)C=O)=C(/C)OC)c2ccccc12. The third-order valence-corrected chi connectivity index (χ3v) is 4.28. The Labute approximate surface area is 138 Å². The zero-order valence-corrected chi connectivity index (χ0v) is 14.6. The van der Waals surface area contributed by atoms with Gasteiger partial charge in [-0.1, -0.05) is 38.1 Å². The molecule has 0 amide bonds. The monoisotopic (exact) mass is 311 g/mol. The average molecular weight is 311 g/mol. The van der Waals surface area contributed by atoms with E-state index in [9.17, 15) is 4.79 Å². The van der Waals surface area contributed by atoms with Crippen molar-refractivity contribution in [3.05, 3.63) is 53.4 Å². The third kappa shape index (κ3) is 3.24. The van der Waals surface area contributed by atoms with Crippen LogP contribution in [0.5, 0.6) is 0 Å². The second kappa shape index (κ2) is 7.32. The maximum Gasteiger partial charge on any atom is 0.126 e. The van der Waals surface area contributed by atoms with Gasteiger partial charge in [-0.3, -0.25) is 0 Å². The number of benzene rings is 1. The highest BCUT2D eigenvalue weighted by Gasteiger charge is 2.16. The number of aromatic nitrogens is 1. The van der Waals surface area contributed by atoms with E-state index >= 15 is 0 Å². The highest BCUT2D eigenvalue weighted by Crippen LogP contribution is 2.31. The van der Waals surface area contributed by atoms with Crippen molar-refractivity contribution < 1.29 is 9.53 Å². The number of aldehydes is 1. The molecule has 0 fully saturated rings. The average Bonchev–Trinajstić information content (AvgIpc) is 2.86. The number of ether oxygens (including phenoxy) is 1. The maximum absolute atomic E-state index is 10.9. The number of hydrogen-bond acceptors (Lipinski definition) is 2. The van der Waals surface area contributed by atoms with Crippen LogP contribution in [0.1, 0.15) is 32.0 Å². The van der Waals surface area contributed by atoms with Gasteiger partial charge in [0.1, 0.15) is 12.0 Å². The number of carbonyl (C=O) groups is 1. The molecule has 0 aliphatic rings. The van der Waals surface area contributed by atoms with Crippen LogP contribution in [0.2, 0.25) is 0 Å². The second-order valence-corrected chi connectivity index (χ2v) is 5.77. The molecule has 1 heterocycles. The molecule has 23 heavy (non-hydrogen) atoms. The lowest BCUT2D eigenvalue weighted by molar-refractivity contribution is -0.109. The first-order chi connectivity index (χ1) is 11.0. The van der Waals surface area contributed by atoms with Crippen LogP contribution in [-0.2, 0) is 16.0 Å². The van der Waals surface area contributed by atoms with Gasteiger partial charge in [0.2, 0.25) is 0 Å². The summed E-state index contributed by atoms with van der Waals surface area (Å²) >= 11 is 0. The molecule has 0 aliphatic carbocycles. The first kappa shape index (κ1) is 17.1. The van der Waals surface area contributed by atoms with E-state index in [1.54, 1.807) is 7.11 Å². The molecule has 0 spiro atoms. The van der Waals surface area contributed by atoms with Crippen LogP contribution in [0.3, 0.4) is 0 Å². The van der Waals surface area contributed by atoms with Gasteiger partial charge in [0, 0.05) is 17.0 Å². The minimum absolute atomic E-state index is 0.123. The Balaban J connectivity index is 2.74. The van der Waals surface area contributed by atoms with E-state index in [-0.39, 0.29) is 5.92 Å². The van der Waals surface area contributed by atoms with Gasteiger partial charge in [0.05, 0.1) is 18.3 Å². The lowest BCUT2D eigenvalue weighted by atomic mass is 10.1. The standard InChI is InChI=1S/C20H25NO2/c1-6-17-15(3)21(20-10-8-7-9-18(17)20)19(16(4)23-5)12-11-14(2)13-22/h7-14H,6H2,1-5H3/b12-11-,19-16-. The summed E-state index contributed by atoms with van der Waals surface area (Å²) in [5.41, 5.74) is 4.69. The molecule has 0 aliphatic heterocycles. The molecule has 3 heteroatoms. The Kier molecular flexibility index (Phi) is 5.43. The highest BCUT2D eigenvalue weighted by atomic mass is 16.5. The Morgan fingerprint density at radius 2 is 2.04 bits per heavy atom. The number of carbonyl (C=O) groups excluding carboxylic acids is 1. The minimum atomic E-state index is -0.123. The first-order valence-corrected chi connectivity index (χ1v) is 8.02. The van der Waals surface area contributed by atoms with Gasteiger partial charge in [-0.2, -0.15) is 0 Å². The van der Waals surface area contributed by atoms with Gasteiger partial charge >= 0.3 is 0 Å². The Hall–Kier alpha value is -2.29. The fourth-order valence-electron chi connectivity index (χ4n) is 2.93. The van der Waals surface area contributed by atoms with E-state index in [0.29, 0.717) is 0 Å². The van der Waals surface area contributed by atoms with Crippen molar-refractivity contribution in [1.29, 1.82) is 0 Å². The molecule has 0 saturated heterocycles. The largest absolute Gasteiger partial charge is 0.499 e. The fraction of sp³-hybridized carbons (Fsp3) is 0.350. The predicted molar refractivity (Wildman–Crippen MR) is 96.3 cm³/mol. The number of para-hydroxylation sites is 1.